The van der Waals surface area contributed by atoms with Crippen LogP contribution < -0.4 is 9.47 Å². The van der Waals surface area contributed by atoms with E-state index in [1.54, 1.807) is 0 Å². The van der Waals surface area contributed by atoms with Crippen molar-refractivity contribution < 1.29 is 28.9 Å². The first kappa shape index (κ1) is 24.3. The Morgan fingerprint density at radius 2 is 2.11 bits per heavy atom. The number of ether oxygens (including phenoxy) is 3. The fourth-order valence-electron chi connectivity index (χ4n) is 7.00. The average molecular weight is 484 g/mol. The predicted octanol–water partition coefficient (Wildman–Crippen LogP) is 3.84. The van der Waals surface area contributed by atoms with Gasteiger partial charge in [0, 0.05) is 37.5 Å². The predicted molar refractivity (Wildman–Crippen MR) is 131 cm³/mol. The molecule has 2 heterocycles. The summed E-state index contributed by atoms with van der Waals surface area (Å²) in [6, 6.07) is 3.76. The van der Waals surface area contributed by atoms with Crippen molar-refractivity contribution in [1.82, 2.24) is 4.90 Å². The lowest BCUT2D eigenvalue weighted by atomic mass is 9.49. The molecular weight excluding hydrogens is 446 g/mol. The van der Waals surface area contributed by atoms with E-state index in [1.165, 1.54) is 12.8 Å². The molecule has 1 spiro atoms. The highest BCUT2D eigenvalue weighted by molar-refractivity contribution is 5.90. The molecule has 2 bridgehead atoms. The van der Waals surface area contributed by atoms with Crippen molar-refractivity contribution in [3.05, 3.63) is 35.9 Å². The number of likely N-dealkylation sites (tertiary alicyclic amines) is 1. The molecule has 7 nitrogen and oxygen atoms in total. The standard InChI is InChI=1S/C28H37NO6/c1-3-5-6-7-8-9-23(31)34-18-33-21-11-10-19-17-22-28(32)13-12-20(30)26-27(28,24(19)25(21)35-26)14-16-29(22)15-4-2/h4,10-11,22,26,32H,2-3,5-9,12-18H2,1H3/t22?,26-,27-,28+/m0/s1. The van der Waals surface area contributed by atoms with Crippen molar-refractivity contribution in [2.24, 2.45) is 0 Å². The Kier molecular flexibility index (Phi) is 6.66. The lowest BCUT2D eigenvalue weighted by Gasteiger charge is -2.62. The van der Waals surface area contributed by atoms with Crippen molar-refractivity contribution >= 4 is 11.8 Å². The number of esters is 1. The Hall–Kier alpha value is -2.38. The van der Waals surface area contributed by atoms with Gasteiger partial charge in [-0.2, -0.15) is 0 Å². The zero-order chi connectivity index (χ0) is 24.6. The van der Waals surface area contributed by atoms with Crippen molar-refractivity contribution in [1.29, 1.82) is 0 Å². The van der Waals surface area contributed by atoms with Crippen molar-refractivity contribution in [3.63, 3.8) is 0 Å². The van der Waals surface area contributed by atoms with Crippen molar-refractivity contribution in [2.45, 2.75) is 94.3 Å². The third-order valence-electron chi connectivity index (χ3n) is 8.64. The molecule has 0 amide bonds. The first-order chi connectivity index (χ1) is 17.0. The summed E-state index contributed by atoms with van der Waals surface area (Å²) < 4.78 is 17.5. The average Bonchev–Trinajstić information content (AvgIpc) is 3.20. The number of rotatable bonds is 11. The van der Waals surface area contributed by atoms with Gasteiger partial charge in [0.2, 0.25) is 6.79 Å². The highest BCUT2D eigenvalue weighted by Gasteiger charge is 2.73. The molecule has 0 aromatic heterocycles. The molecule has 1 aromatic carbocycles. The summed E-state index contributed by atoms with van der Waals surface area (Å²) >= 11 is 0. The Bertz CT molecular complexity index is 1010. The number of Topliss-reactive ketones (excluding diaryl/α,β-unsaturated/α-hetero) is 1. The maximum absolute atomic E-state index is 13.1. The van der Waals surface area contributed by atoms with E-state index in [0.717, 1.165) is 36.9 Å². The molecule has 2 aliphatic carbocycles. The molecular formula is C28H37NO6. The van der Waals surface area contributed by atoms with Gasteiger partial charge in [-0.25, -0.2) is 0 Å². The third kappa shape index (κ3) is 3.78. The molecule has 1 saturated carbocycles. The smallest absolute Gasteiger partial charge is 0.308 e. The van der Waals surface area contributed by atoms with Crippen LogP contribution in [0.1, 0.15) is 75.8 Å². The number of hydrogen-bond acceptors (Lipinski definition) is 7. The van der Waals surface area contributed by atoms with Gasteiger partial charge in [-0.15, -0.1) is 6.58 Å². The Morgan fingerprint density at radius 3 is 2.91 bits per heavy atom. The van der Waals surface area contributed by atoms with Crippen LogP contribution in [0.4, 0.5) is 0 Å². The molecule has 35 heavy (non-hydrogen) atoms. The SMILES string of the molecule is C=CCN1CC[C@]23c4c5ccc(OCOC(=O)CCCCCCC)c4O[C@H]2C(=O)CC[C@@]3(O)C1C5. The van der Waals surface area contributed by atoms with Crippen LogP contribution in [0.25, 0.3) is 0 Å². The largest absolute Gasteiger partial charge is 0.477 e. The van der Waals surface area contributed by atoms with Gasteiger partial charge in [-0.3, -0.25) is 14.5 Å². The molecule has 4 atom stereocenters. The van der Waals surface area contributed by atoms with Gasteiger partial charge in [-0.05, 0) is 37.3 Å². The number of aliphatic hydroxyl groups is 1. The molecule has 4 aliphatic rings. The molecule has 2 aliphatic heterocycles. The molecule has 1 aromatic rings. The van der Waals surface area contributed by atoms with E-state index in [1.807, 2.05) is 18.2 Å². The summed E-state index contributed by atoms with van der Waals surface area (Å²) in [7, 11) is 0. The summed E-state index contributed by atoms with van der Waals surface area (Å²) in [5, 5.41) is 12.2. The van der Waals surface area contributed by atoms with Gasteiger partial charge in [0.05, 0.1) is 11.0 Å². The van der Waals surface area contributed by atoms with Crippen LogP contribution in [0.5, 0.6) is 11.5 Å². The molecule has 1 saturated heterocycles. The lowest BCUT2D eigenvalue weighted by Crippen LogP contribution is -2.76. The fourth-order valence-corrected chi connectivity index (χ4v) is 7.00. The summed E-state index contributed by atoms with van der Waals surface area (Å²) in [5.74, 6) is 0.763. The summed E-state index contributed by atoms with van der Waals surface area (Å²) in [5.41, 5.74) is 0.208. The Labute approximate surface area is 207 Å². The normalized spacial score (nSPS) is 30.4. The number of ketones is 1. The fraction of sp³-hybridized carbons (Fsp3) is 0.643. The van der Waals surface area contributed by atoms with Gasteiger partial charge in [-0.1, -0.05) is 44.7 Å². The summed E-state index contributed by atoms with van der Waals surface area (Å²) in [6.45, 7) is 7.33. The molecule has 1 N–H and O–H groups in total. The number of nitrogens with zero attached hydrogens (tertiary/aromatic N) is 1. The monoisotopic (exact) mass is 483 g/mol. The quantitative estimate of drug-likeness (QED) is 0.222. The first-order valence-corrected chi connectivity index (χ1v) is 13.2. The molecule has 1 unspecified atom stereocenters. The van der Waals surface area contributed by atoms with Gasteiger partial charge in [0.25, 0.3) is 0 Å². The van der Waals surface area contributed by atoms with Crippen LogP contribution in [-0.4, -0.2) is 59.4 Å². The van der Waals surface area contributed by atoms with Crippen LogP contribution in [0, 0.1) is 0 Å². The summed E-state index contributed by atoms with van der Waals surface area (Å²) in [4.78, 5) is 27.5. The van der Waals surface area contributed by atoms with Crippen LogP contribution in [0.3, 0.4) is 0 Å². The maximum Gasteiger partial charge on any atom is 0.308 e. The van der Waals surface area contributed by atoms with Crippen LogP contribution in [0.15, 0.2) is 24.8 Å². The minimum Gasteiger partial charge on any atom is -0.477 e. The highest BCUT2D eigenvalue weighted by Crippen LogP contribution is 2.64. The first-order valence-electron chi connectivity index (χ1n) is 13.2. The molecule has 190 valence electrons. The second kappa shape index (κ2) is 9.58. The molecule has 7 heteroatoms. The van der Waals surface area contributed by atoms with Crippen molar-refractivity contribution in [3.8, 4) is 11.5 Å². The minimum atomic E-state index is -1.05. The Morgan fingerprint density at radius 1 is 1.29 bits per heavy atom. The van der Waals surface area contributed by atoms with E-state index < -0.39 is 17.1 Å². The number of hydrogen-bond donors (Lipinski definition) is 1. The van der Waals surface area contributed by atoms with E-state index in [0.29, 0.717) is 50.1 Å². The van der Waals surface area contributed by atoms with Gasteiger partial charge in [0.15, 0.2) is 23.4 Å². The zero-order valence-electron chi connectivity index (χ0n) is 20.7. The zero-order valence-corrected chi connectivity index (χ0v) is 20.7. The van der Waals surface area contributed by atoms with Crippen molar-refractivity contribution in [2.75, 3.05) is 19.9 Å². The van der Waals surface area contributed by atoms with Gasteiger partial charge < -0.3 is 19.3 Å². The van der Waals surface area contributed by atoms with Crippen LogP contribution in [0.2, 0.25) is 0 Å². The number of carbonyl (C=O) groups is 2. The maximum atomic E-state index is 13.1. The van der Waals surface area contributed by atoms with Crippen LogP contribution >= 0.6 is 0 Å². The van der Waals surface area contributed by atoms with E-state index in [2.05, 4.69) is 18.4 Å². The number of benzene rings is 1. The summed E-state index contributed by atoms with van der Waals surface area (Å²) in [6.07, 6.45) is 8.95. The third-order valence-corrected chi connectivity index (χ3v) is 8.64. The Balaban J connectivity index is 1.35. The van der Waals surface area contributed by atoms with Crippen LogP contribution in [-0.2, 0) is 26.2 Å². The lowest BCUT2D eigenvalue weighted by molar-refractivity contribution is -0.187. The highest BCUT2D eigenvalue weighted by atomic mass is 16.7. The van der Waals surface area contributed by atoms with Gasteiger partial charge in [0.1, 0.15) is 0 Å². The second-order valence-electron chi connectivity index (χ2n) is 10.5. The topological polar surface area (TPSA) is 85.3 Å². The second-order valence-corrected chi connectivity index (χ2v) is 10.5. The number of unbranched alkanes of at least 4 members (excludes halogenated alkanes) is 4. The molecule has 5 rings (SSSR count). The molecule has 0 radical (unpaired) electrons. The minimum absolute atomic E-state index is 0.0371. The van der Waals surface area contributed by atoms with Gasteiger partial charge >= 0.3 is 5.97 Å². The van der Waals surface area contributed by atoms with E-state index in [9.17, 15) is 14.7 Å². The number of carbonyl (C=O) groups excluding carboxylic acids is 2. The van der Waals surface area contributed by atoms with E-state index >= 15 is 0 Å². The number of piperidine rings is 1. The van der Waals surface area contributed by atoms with E-state index in [4.69, 9.17) is 14.2 Å². The van der Waals surface area contributed by atoms with E-state index in [-0.39, 0.29) is 24.6 Å². The molecule has 2 fully saturated rings.